The van der Waals surface area contributed by atoms with Crippen LogP contribution in [0.25, 0.3) is 0 Å². The minimum absolute atomic E-state index is 0.0426. The van der Waals surface area contributed by atoms with Gasteiger partial charge in [-0.3, -0.25) is 15.4 Å². The molecular formula is C24H21ClF4N4. The van der Waals surface area contributed by atoms with Crippen molar-refractivity contribution in [1.82, 2.24) is 20.5 Å². The molecule has 0 aliphatic heterocycles. The molecule has 0 aliphatic carbocycles. The molecule has 2 heterocycles. The molecule has 0 bridgehead atoms. The smallest absolute Gasteiger partial charge is 0.296 e. The molecule has 0 amide bonds. The van der Waals surface area contributed by atoms with Crippen LogP contribution in [-0.4, -0.2) is 15.2 Å². The molecule has 1 atom stereocenters. The van der Waals surface area contributed by atoms with E-state index in [1.807, 2.05) is 0 Å². The predicted molar refractivity (Wildman–Crippen MR) is 120 cm³/mol. The van der Waals surface area contributed by atoms with Crippen molar-refractivity contribution in [3.05, 3.63) is 119 Å². The number of aromatic nitrogens is 3. The molecule has 0 fully saturated rings. The second-order valence-corrected chi connectivity index (χ2v) is 7.72. The lowest BCUT2D eigenvalue weighted by atomic mass is 9.79. The number of halogens is 5. The highest BCUT2D eigenvalue weighted by Gasteiger charge is 2.39. The number of nitrogens with one attached hydrogen (secondary N) is 2. The van der Waals surface area contributed by atoms with Crippen molar-refractivity contribution in [3.63, 3.8) is 0 Å². The minimum Gasteiger partial charge on any atom is -0.296 e. The van der Waals surface area contributed by atoms with Crippen molar-refractivity contribution in [3.8, 4) is 0 Å². The van der Waals surface area contributed by atoms with Gasteiger partial charge in [0.2, 0.25) is 0 Å². The van der Waals surface area contributed by atoms with E-state index in [0.29, 0.717) is 28.0 Å². The quantitative estimate of drug-likeness (QED) is 0.280. The SMILES string of the molecule is C=C/C=C(\C=C)CC(NCc1ccn[nH]1)(c1cc(F)cc(C(F)(F)F)c1)c1ccc(Cl)cn1. The van der Waals surface area contributed by atoms with Gasteiger partial charge >= 0.3 is 6.18 Å². The first-order valence-corrected chi connectivity index (χ1v) is 10.2. The van der Waals surface area contributed by atoms with E-state index in [2.05, 4.69) is 33.7 Å². The Bertz CT molecular complexity index is 1140. The van der Waals surface area contributed by atoms with Crippen molar-refractivity contribution in [2.75, 3.05) is 0 Å². The van der Waals surface area contributed by atoms with Crippen LogP contribution < -0.4 is 5.32 Å². The van der Waals surface area contributed by atoms with Gasteiger partial charge in [-0.2, -0.15) is 18.3 Å². The van der Waals surface area contributed by atoms with E-state index in [1.165, 1.54) is 6.20 Å². The van der Waals surface area contributed by atoms with Crippen molar-refractivity contribution >= 4 is 11.6 Å². The number of nitrogens with zero attached hydrogens (tertiary/aromatic N) is 2. The fourth-order valence-electron chi connectivity index (χ4n) is 3.51. The number of alkyl halides is 3. The number of hydrogen-bond donors (Lipinski definition) is 2. The van der Waals surface area contributed by atoms with E-state index in [-0.39, 0.29) is 18.5 Å². The van der Waals surface area contributed by atoms with Crippen molar-refractivity contribution in [1.29, 1.82) is 0 Å². The molecule has 4 nitrogen and oxygen atoms in total. The number of hydrogen-bond acceptors (Lipinski definition) is 3. The van der Waals surface area contributed by atoms with Crippen LogP contribution in [0.3, 0.4) is 0 Å². The molecule has 2 aromatic heterocycles. The molecular weight excluding hydrogens is 456 g/mol. The van der Waals surface area contributed by atoms with E-state index >= 15 is 0 Å². The Morgan fingerprint density at radius 3 is 2.45 bits per heavy atom. The number of benzene rings is 1. The van der Waals surface area contributed by atoms with Gasteiger partial charge in [-0.05, 0) is 47.5 Å². The van der Waals surface area contributed by atoms with Crippen molar-refractivity contribution in [2.24, 2.45) is 0 Å². The van der Waals surface area contributed by atoms with Gasteiger partial charge in [-0.25, -0.2) is 4.39 Å². The second kappa shape index (κ2) is 10.1. The zero-order chi connectivity index (χ0) is 24.1. The van der Waals surface area contributed by atoms with Crippen molar-refractivity contribution in [2.45, 2.75) is 24.7 Å². The Morgan fingerprint density at radius 2 is 1.88 bits per heavy atom. The van der Waals surface area contributed by atoms with Gasteiger partial charge in [-0.15, -0.1) is 0 Å². The Hall–Kier alpha value is -3.23. The maximum Gasteiger partial charge on any atom is 0.416 e. The van der Waals surface area contributed by atoms with Gasteiger partial charge in [0.15, 0.2) is 0 Å². The van der Waals surface area contributed by atoms with Gasteiger partial charge in [0.05, 0.1) is 21.8 Å². The fraction of sp³-hybridized carbons (Fsp3) is 0.167. The number of H-pyrrole nitrogens is 1. The van der Waals surface area contributed by atoms with E-state index in [1.54, 1.807) is 42.6 Å². The number of aromatic amines is 1. The van der Waals surface area contributed by atoms with Crippen molar-refractivity contribution < 1.29 is 17.6 Å². The normalized spacial score (nSPS) is 14.0. The molecule has 0 saturated carbocycles. The van der Waals surface area contributed by atoms with Gasteiger partial charge < -0.3 is 0 Å². The Morgan fingerprint density at radius 1 is 1.12 bits per heavy atom. The molecule has 0 aliphatic rings. The molecule has 2 N–H and O–H groups in total. The summed E-state index contributed by atoms with van der Waals surface area (Å²) in [5, 5.41) is 10.3. The first-order chi connectivity index (χ1) is 15.7. The van der Waals surface area contributed by atoms with E-state index in [0.717, 1.165) is 12.1 Å². The summed E-state index contributed by atoms with van der Waals surface area (Å²) in [6, 6.07) is 7.34. The van der Waals surface area contributed by atoms with Gasteiger partial charge in [0, 0.05) is 31.1 Å². The Kier molecular flexibility index (Phi) is 7.50. The lowest BCUT2D eigenvalue weighted by Crippen LogP contribution is -2.44. The largest absolute Gasteiger partial charge is 0.416 e. The minimum atomic E-state index is -4.74. The predicted octanol–water partition coefficient (Wildman–Crippen LogP) is 6.34. The standard InChI is InChI=1S/C24H21ClF4N4/c1-3-5-16(4-2)13-23(22-7-6-19(25)14-30-22,31-15-21-8-9-32-33-21)17-10-18(24(27,28)29)12-20(26)11-17/h3-12,14,31H,1-2,13,15H2,(H,32,33)/b16-5+. The van der Waals surface area contributed by atoms with Crippen LogP contribution in [0, 0.1) is 5.82 Å². The molecule has 3 rings (SSSR count). The summed E-state index contributed by atoms with van der Waals surface area (Å²) in [6.45, 7) is 7.66. The number of allylic oxidation sites excluding steroid dienone is 3. The number of pyridine rings is 1. The molecule has 3 aromatic rings. The van der Waals surface area contributed by atoms with Crippen LogP contribution in [0.1, 0.15) is 28.9 Å². The van der Waals surface area contributed by atoms with E-state index in [4.69, 9.17) is 11.6 Å². The summed E-state index contributed by atoms with van der Waals surface area (Å²) >= 11 is 6.01. The third kappa shape index (κ3) is 5.77. The highest BCUT2D eigenvalue weighted by Crippen LogP contribution is 2.39. The van der Waals surface area contributed by atoms with Crippen LogP contribution in [0.4, 0.5) is 17.6 Å². The first kappa shape index (κ1) is 24.4. The van der Waals surface area contributed by atoms with Crippen LogP contribution in [0.2, 0.25) is 5.02 Å². The lowest BCUT2D eigenvalue weighted by molar-refractivity contribution is -0.137. The molecule has 1 unspecified atom stereocenters. The number of rotatable bonds is 9. The first-order valence-electron chi connectivity index (χ1n) is 9.85. The van der Waals surface area contributed by atoms with Gasteiger partial charge in [0.25, 0.3) is 0 Å². The average Bonchev–Trinajstić information content (AvgIpc) is 3.29. The van der Waals surface area contributed by atoms with E-state index < -0.39 is 23.1 Å². The zero-order valence-electron chi connectivity index (χ0n) is 17.5. The summed E-state index contributed by atoms with van der Waals surface area (Å²) in [4.78, 5) is 4.38. The maximum atomic E-state index is 14.5. The third-order valence-corrected chi connectivity index (χ3v) is 5.31. The zero-order valence-corrected chi connectivity index (χ0v) is 18.2. The molecule has 9 heteroatoms. The maximum absolute atomic E-state index is 14.5. The monoisotopic (exact) mass is 476 g/mol. The fourth-order valence-corrected chi connectivity index (χ4v) is 3.62. The highest BCUT2D eigenvalue weighted by molar-refractivity contribution is 6.30. The lowest BCUT2D eigenvalue weighted by Gasteiger charge is -2.36. The summed E-state index contributed by atoms with van der Waals surface area (Å²) in [7, 11) is 0. The van der Waals surface area contributed by atoms with Crippen LogP contribution >= 0.6 is 11.6 Å². The molecule has 0 radical (unpaired) electrons. The van der Waals surface area contributed by atoms with Crippen LogP contribution in [0.15, 0.2) is 85.8 Å². The molecule has 1 aromatic carbocycles. The van der Waals surface area contributed by atoms with Crippen LogP contribution in [-0.2, 0) is 18.3 Å². The molecule has 33 heavy (non-hydrogen) atoms. The topological polar surface area (TPSA) is 53.6 Å². The molecule has 0 spiro atoms. The van der Waals surface area contributed by atoms with Crippen LogP contribution in [0.5, 0.6) is 0 Å². The summed E-state index contributed by atoms with van der Waals surface area (Å²) < 4.78 is 55.2. The average molecular weight is 477 g/mol. The molecule has 172 valence electrons. The van der Waals surface area contributed by atoms with Gasteiger partial charge in [-0.1, -0.05) is 43.0 Å². The van der Waals surface area contributed by atoms with E-state index in [9.17, 15) is 17.6 Å². The second-order valence-electron chi connectivity index (χ2n) is 7.29. The Balaban J connectivity index is 2.28. The highest BCUT2D eigenvalue weighted by atomic mass is 35.5. The summed E-state index contributed by atoms with van der Waals surface area (Å²) in [6.07, 6.45) is 3.09. The Labute approximate surface area is 193 Å². The summed E-state index contributed by atoms with van der Waals surface area (Å²) in [5.41, 5.74) is -0.763. The molecule has 0 saturated heterocycles. The third-order valence-electron chi connectivity index (χ3n) is 5.08. The summed E-state index contributed by atoms with van der Waals surface area (Å²) in [5.74, 6) is -1.02. The van der Waals surface area contributed by atoms with Gasteiger partial charge in [0.1, 0.15) is 5.82 Å².